The van der Waals surface area contributed by atoms with Crippen LogP contribution in [0.2, 0.25) is 0 Å². The van der Waals surface area contributed by atoms with Crippen LogP contribution in [0.25, 0.3) is 0 Å². The second kappa shape index (κ2) is 10.9. The smallest absolute Gasteiger partial charge is 0.253 e. The second-order valence-electron chi connectivity index (χ2n) is 7.18. The zero-order valence-electron chi connectivity index (χ0n) is 18.8. The monoisotopic (exact) mass is 463 g/mol. The van der Waals surface area contributed by atoms with E-state index in [2.05, 4.69) is 10.6 Å². The predicted octanol–water partition coefficient (Wildman–Crippen LogP) is 2.64. The summed E-state index contributed by atoms with van der Waals surface area (Å²) >= 11 is 0. The van der Waals surface area contributed by atoms with Gasteiger partial charge in [-0.2, -0.15) is 0 Å². The van der Waals surface area contributed by atoms with Crippen molar-refractivity contribution in [1.82, 2.24) is 5.32 Å². The molecule has 0 aliphatic carbocycles. The Balaban J connectivity index is 2.32. The Morgan fingerprint density at radius 1 is 1.09 bits per heavy atom. The standard InChI is InChI=1S/C22H29N3O6S/c1-6-15(2)23-22(27)17-9-7-8-10-18(17)24-21(26)14-25(32(5,28)29)19-13-16(30-3)11-12-20(19)31-4/h7-13,15H,6,14H2,1-5H3,(H,23,27)(H,24,26)/t15-/m1/s1. The molecule has 2 aromatic carbocycles. The van der Waals surface area contributed by atoms with Crippen LogP contribution in [0.15, 0.2) is 42.5 Å². The Morgan fingerprint density at radius 3 is 2.38 bits per heavy atom. The minimum absolute atomic E-state index is 0.0347. The summed E-state index contributed by atoms with van der Waals surface area (Å²) in [6.07, 6.45) is 1.75. The number of sulfonamides is 1. The largest absolute Gasteiger partial charge is 0.497 e. The number of para-hydroxylation sites is 1. The Labute approximate surface area is 188 Å². The first kappa shape index (κ1) is 25.0. The van der Waals surface area contributed by atoms with E-state index in [1.165, 1.54) is 20.3 Å². The summed E-state index contributed by atoms with van der Waals surface area (Å²) in [5.74, 6) is -0.284. The number of nitrogens with zero attached hydrogens (tertiary/aromatic N) is 1. The van der Waals surface area contributed by atoms with Gasteiger partial charge in [0.15, 0.2) is 0 Å². The van der Waals surface area contributed by atoms with E-state index < -0.39 is 22.5 Å². The van der Waals surface area contributed by atoms with Gasteiger partial charge in [-0.15, -0.1) is 0 Å². The average Bonchev–Trinajstić information content (AvgIpc) is 2.76. The lowest BCUT2D eigenvalue weighted by molar-refractivity contribution is -0.114. The summed E-state index contributed by atoms with van der Waals surface area (Å²) < 4.78 is 36.4. The highest BCUT2D eigenvalue weighted by Gasteiger charge is 2.25. The third-order valence-electron chi connectivity index (χ3n) is 4.78. The van der Waals surface area contributed by atoms with Crippen molar-refractivity contribution < 1.29 is 27.5 Å². The summed E-state index contributed by atoms with van der Waals surface area (Å²) in [7, 11) is -1.00. The fourth-order valence-corrected chi connectivity index (χ4v) is 3.74. The molecule has 0 fully saturated rings. The van der Waals surface area contributed by atoms with E-state index in [0.29, 0.717) is 5.75 Å². The summed E-state index contributed by atoms with van der Waals surface area (Å²) in [5.41, 5.74) is 0.725. The van der Waals surface area contributed by atoms with Gasteiger partial charge in [0.25, 0.3) is 5.91 Å². The fraction of sp³-hybridized carbons (Fsp3) is 0.364. The van der Waals surface area contributed by atoms with Crippen molar-refractivity contribution in [3.8, 4) is 11.5 Å². The summed E-state index contributed by atoms with van der Waals surface area (Å²) in [6, 6.07) is 11.1. The topological polar surface area (TPSA) is 114 Å². The van der Waals surface area contributed by atoms with Gasteiger partial charge in [0.2, 0.25) is 15.9 Å². The van der Waals surface area contributed by atoms with Gasteiger partial charge in [0, 0.05) is 12.1 Å². The van der Waals surface area contributed by atoms with Crippen molar-refractivity contribution in [2.24, 2.45) is 0 Å². The van der Waals surface area contributed by atoms with E-state index in [1.54, 1.807) is 36.4 Å². The summed E-state index contributed by atoms with van der Waals surface area (Å²) in [4.78, 5) is 25.4. The molecule has 0 saturated carbocycles. The molecule has 2 N–H and O–H groups in total. The number of carbonyl (C=O) groups excluding carboxylic acids is 2. The number of carbonyl (C=O) groups is 2. The second-order valence-corrected chi connectivity index (χ2v) is 9.09. The van der Waals surface area contributed by atoms with E-state index in [9.17, 15) is 18.0 Å². The molecule has 0 radical (unpaired) electrons. The van der Waals surface area contributed by atoms with Crippen LogP contribution in [0.4, 0.5) is 11.4 Å². The van der Waals surface area contributed by atoms with Crippen molar-refractivity contribution in [2.45, 2.75) is 26.3 Å². The number of anilines is 2. The van der Waals surface area contributed by atoms with Crippen LogP contribution < -0.4 is 24.4 Å². The zero-order chi connectivity index (χ0) is 23.9. The number of rotatable bonds is 10. The van der Waals surface area contributed by atoms with Gasteiger partial charge in [-0.25, -0.2) is 8.42 Å². The van der Waals surface area contributed by atoms with Crippen molar-refractivity contribution in [3.63, 3.8) is 0 Å². The molecule has 9 nitrogen and oxygen atoms in total. The predicted molar refractivity (Wildman–Crippen MR) is 124 cm³/mol. The van der Waals surface area contributed by atoms with Gasteiger partial charge < -0.3 is 20.1 Å². The van der Waals surface area contributed by atoms with Crippen LogP contribution in [0.3, 0.4) is 0 Å². The lowest BCUT2D eigenvalue weighted by Crippen LogP contribution is -2.38. The molecule has 0 aliphatic heterocycles. The molecule has 2 aromatic rings. The van der Waals surface area contributed by atoms with Gasteiger partial charge in [-0.3, -0.25) is 13.9 Å². The average molecular weight is 464 g/mol. The number of methoxy groups -OCH3 is 2. The molecule has 0 aromatic heterocycles. The molecule has 0 spiro atoms. The molecule has 0 aliphatic rings. The summed E-state index contributed by atoms with van der Waals surface area (Å²) in [6.45, 7) is 3.31. The van der Waals surface area contributed by atoms with Crippen molar-refractivity contribution >= 4 is 33.2 Å². The van der Waals surface area contributed by atoms with Crippen LogP contribution in [0.1, 0.15) is 30.6 Å². The number of nitrogens with one attached hydrogen (secondary N) is 2. The summed E-state index contributed by atoms with van der Waals surface area (Å²) in [5, 5.41) is 5.49. The number of hydrogen-bond donors (Lipinski definition) is 2. The highest BCUT2D eigenvalue weighted by Crippen LogP contribution is 2.33. The maximum Gasteiger partial charge on any atom is 0.253 e. The quantitative estimate of drug-likeness (QED) is 0.560. The first-order valence-electron chi connectivity index (χ1n) is 10.00. The Morgan fingerprint density at radius 2 is 1.78 bits per heavy atom. The van der Waals surface area contributed by atoms with Crippen molar-refractivity contribution in [2.75, 3.05) is 36.6 Å². The van der Waals surface area contributed by atoms with Crippen LogP contribution in [-0.4, -0.2) is 53.3 Å². The molecular weight excluding hydrogens is 434 g/mol. The van der Waals surface area contributed by atoms with Crippen LogP contribution >= 0.6 is 0 Å². The molecule has 10 heteroatoms. The van der Waals surface area contributed by atoms with E-state index >= 15 is 0 Å². The number of ether oxygens (including phenoxy) is 2. The molecular formula is C22H29N3O6S. The van der Waals surface area contributed by atoms with Crippen molar-refractivity contribution in [3.05, 3.63) is 48.0 Å². The van der Waals surface area contributed by atoms with Gasteiger partial charge in [0.1, 0.15) is 18.0 Å². The molecule has 2 amide bonds. The Hall–Kier alpha value is -3.27. The third-order valence-corrected chi connectivity index (χ3v) is 5.90. The lowest BCUT2D eigenvalue weighted by atomic mass is 10.1. The molecule has 1 atom stereocenters. The fourth-order valence-electron chi connectivity index (χ4n) is 2.89. The van der Waals surface area contributed by atoms with Crippen LogP contribution in [-0.2, 0) is 14.8 Å². The Kier molecular flexibility index (Phi) is 8.48. The normalized spacial score (nSPS) is 11.9. The van der Waals surface area contributed by atoms with Crippen molar-refractivity contribution in [1.29, 1.82) is 0 Å². The van der Waals surface area contributed by atoms with Gasteiger partial charge in [-0.05, 0) is 37.6 Å². The van der Waals surface area contributed by atoms with E-state index in [0.717, 1.165) is 17.0 Å². The van der Waals surface area contributed by atoms with Crippen LogP contribution in [0.5, 0.6) is 11.5 Å². The molecule has 0 heterocycles. The van der Waals surface area contributed by atoms with Gasteiger partial charge >= 0.3 is 0 Å². The van der Waals surface area contributed by atoms with Gasteiger partial charge in [0.05, 0.1) is 37.4 Å². The highest BCUT2D eigenvalue weighted by molar-refractivity contribution is 7.92. The first-order chi connectivity index (χ1) is 15.1. The number of amides is 2. The maximum absolute atomic E-state index is 12.8. The maximum atomic E-state index is 12.8. The zero-order valence-corrected chi connectivity index (χ0v) is 19.7. The van der Waals surface area contributed by atoms with E-state index in [-0.39, 0.29) is 34.6 Å². The molecule has 32 heavy (non-hydrogen) atoms. The molecule has 0 saturated heterocycles. The first-order valence-corrected chi connectivity index (χ1v) is 11.8. The highest BCUT2D eigenvalue weighted by atomic mass is 32.2. The molecule has 0 bridgehead atoms. The SMILES string of the molecule is CC[C@@H](C)NC(=O)c1ccccc1NC(=O)CN(c1cc(OC)ccc1OC)S(C)(=O)=O. The third kappa shape index (κ3) is 6.36. The minimum atomic E-state index is -3.85. The van der Waals surface area contributed by atoms with E-state index in [4.69, 9.17) is 9.47 Å². The molecule has 174 valence electrons. The van der Waals surface area contributed by atoms with E-state index in [1.807, 2.05) is 13.8 Å². The lowest BCUT2D eigenvalue weighted by Gasteiger charge is -2.24. The number of benzene rings is 2. The molecule has 2 rings (SSSR count). The molecule has 0 unspecified atom stereocenters. The van der Waals surface area contributed by atoms with Gasteiger partial charge in [-0.1, -0.05) is 19.1 Å². The number of hydrogen-bond acceptors (Lipinski definition) is 6. The minimum Gasteiger partial charge on any atom is -0.497 e. The van der Waals surface area contributed by atoms with Crippen LogP contribution in [0, 0.1) is 0 Å². The Bertz CT molecular complexity index is 1070.